The minimum atomic E-state index is -3.93. The number of anilines is 2. The molecule has 1 N–H and O–H groups in total. The maximum absolute atomic E-state index is 14.4. The van der Waals surface area contributed by atoms with Gasteiger partial charge in [-0.3, -0.25) is 9.10 Å². The third-order valence-corrected chi connectivity index (χ3v) is 7.07. The fourth-order valence-electron chi connectivity index (χ4n) is 3.58. The van der Waals surface area contributed by atoms with Crippen molar-refractivity contribution in [1.29, 1.82) is 0 Å². The number of halogens is 1. The van der Waals surface area contributed by atoms with Gasteiger partial charge in [0.2, 0.25) is 0 Å². The van der Waals surface area contributed by atoms with E-state index < -0.39 is 21.7 Å². The van der Waals surface area contributed by atoms with E-state index >= 15 is 0 Å². The van der Waals surface area contributed by atoms with Crippen LogP contribution in [-0.2, 0) is 16.4 Å². The van der Waals surface area contributed by atoms with Crippen LogP contribution >= 0.6 is 0 Å². The summed E-state index contributed by atoms with van der Waals surface area (Å²) in [6.07, 6.45) is 0.608. The molecule has 0 fully saturated rings. The highest BCUT2D eigenvalue weighted by Crippen LogP contribution is 2.33. The van der Waals surface area contributed by atoms with E-state index in [9.17, 15) is 17.6 Å². The Balaban J connectivity index is 1.68. The van der Waals surface area contributed by atoms with Crippen LogP contribution in [0.25, 0.3) is 0 Å². The number of amides is 1. The largest absolute Gasteiger partial charge is 0.322 e. The predicted molar refractivity (Wildman–Crippen MR) is 115 cm³/mol. The second-order valence-electron chi connectivity index (χ2n) is 7.37. The zero-order chi connectivity index (χ0) is 21.5. The van der Waals surface area contributed by atoms with Crippen molar-refractivity contribution in [1.82, 2.24) is 0 Å². The summed E-state index contributed by atoms with van der Waals surface area (Å²) in [5.41, 5.74) is 3.57. The Morgan fingerprint density at radius 3 is 2.60 bits per heavy atom. The number of nitrogens with one attached hydrogen (secondary N) is 1. The van der Waals surface area contributed by atoms with Gasteiger partial charge in [-0.2, -0.15) is 0 Å². The molecule has 0 aromatic heterocycles. The van der Waals surface area contributed by atoms with Crippen molar-refractivity contribution in [3.8, 4) is 0 Å². The molecular formula is C23H21FN2O3S. The number of nitrogens with zero attached hydrogens (tertiary/aromatic N) is 1. The Bertz CT molecular complexity index is 1260. The summed E-state index contributed by atoms with van der Waals surface area (Å²) in [6.45, 7) is 4.02. The van der Waals surface area contributed by atoms with Crippen LogP contribution in [0, 0.1) is 19.7 Å². The lowest BCUT2D eigenvalue weighted by molar-refractivity contribution is 0.102. The summed E-state index contributed by atoms with van der Waals surface area (Å²) < 4.78 is 42.2. The predicted octanol–water partition coefficient (Wildman–Crippen LogP) is 4.45. The van der Waals surface area contributed by atoms with Crippen LogP contribution in [0.3, 0.4) is 0 Å². The smallest absolute Gasteiger partial charge is 0.264 e. The summed E-state index contributed by atoms with van der Waals surface area (Å²) in [5.74, 6) is -1.47. The number of rotatable bonds is 4. The van der Waals surface area contributed by atoms with E-state index in [-0.39, 0.29) is 10.5 Å². The van der Waals surface area contributed by atoms with E-state index in [0.29, 0.717) is 24.3 Å². The summed E-state index contributed by atoms with van der Waals surface area (Å²) in [5, 5.41) is 2.68. The molecule has 0 spiro atoms. The number of para-hydroxylation sites is 1. The molecule has 0 saturated carbocycles. The molecule has 3 aromatic carbocycles. The van der Waals surface area contributed by atoms with Crippen molar-refractivity contribution >= 4 is 27.3 Å². The quantitative estimate of drug-likeness (QED) is 0.673. The van der Waals surface area contributed by atoms with Gasteiger partial charge >= 0.3 is 0 Å². The molecule has 0 radical (unpaired) electrons. The van der Waals surface area contributed by atoms with Gasteiger partial charge in [-0.25, -0.2) is 12.8 Å². The van der Waals surface area contributed by atoms with Gasteiger partial charge in [0.05, 0.1) is 16.1 Å². The molecule has 0 atom stereocenters. The molecule has 1 aliphatic heterocycles. The SMILES string of the molecule is Cc1ccc(C)c(NC(=O)c2cc(S(=O)(=O)N3CCc4ccccc43)ccc2F)c1. The molecule has 3 aromatic rings. The number of hydrogen-bond donors (Lipinski definition) is 1. The fourth-order valence-corrected chi connectivity index (χ4v) is 5.11. The normalized spacial score (nSPS) is 13.2. The zero-order valence-electron chi connectivity index (χ0n) is 16.6. The highest BCUT2D eigenvalue weighted by molar-refractivity contribution is 7.92. The van der Waals surface area contributed by atoms with Crippen molar-refractivity contribution in [2.24, 2.45) is 0 Å². The Kier molecular flexibility index (Phi) is 5.07. The second-order valence-corrected chi connectivity index (χ2v) is 9.23. The van der Waals surface area contributed by atoms with Crippen LogP contribution in [0.15, 0.2) is 65.6 Å². The van der Waals surface area contributed by atoms with E-state index in [1.807, 2.05) is 38.1 Å². The topological polar surface area (TPSA) is 66.5 Å². The number of carbonyl (C=O) groups excluding carboxylic acids is 1. The zero-order valence-corrected chi connectivity index (χ0v) is 17.5. The first-order chi connectivity index (χ1) is 14.3. The molecule has 154 valence electrons. The van der Waals surface area contributed by atoms with Crippen molar-refractivity contribution in [2.45, 2.75) is 25.2 Å². The van der Waals surface area contributed by atoms with Gasteiger partial charge in [0.15, 0.2) is 0 Å². The van der Waals surface area contributed by atoms with E-state index in [1.165, 1.54) is 10.4 Å². The number of aryl methyl sites for hydroxylation is 2. The summed E-state index contributed by atoms with van der Waals surface area (Å²) >= 11 is 0. The average molecular weight is 424 g/mol. The maximum atomic E-state index is 14.4. The Morgan fingerprint density at radius 1 is 1.03 bits per heavy atom. The monoisotopic (exact) mass is 424 g/mol. The van der Waals surface area contributed by atoms with E-state index in [4.69, 9.17) is 0 Å². The number of sulfonamides is 1. The summed E-state index contributed by atoms with van der Waals surface area (Å²) in [4.78, 5) is 12.6. The first-order valence-corrected chi connectivity index (χ1v) is 11.0. The van der Waals surface area contributed by atoms with Crippen molar-refractivity contribution in [3.63, 3.8) is 0 Å². The first-order valence-electron chi connectivity index (χ1n) is 9.56. The highest BCUT2D eigenvalue weighted by atomic mass is 32.2. The van der Waals surface area contributed by atoms with E-state index in [0.717, 1.165) is 28.8 Å². The number of benzene rings is 3. The second kappa shape index (κ2) is 7.57. The van der Waals surface area contributed by atoms with Crippen LogP contribution < -0.4 is 9.62 Å². The molecule has 7 heteroatoms. The molecule has 30 heavy (non-hydrogen) atoms. The van der Waals surface area contributed by atoms with Gasteiger partial charge in [0.1, 0.15) is 5.82 Å². The van der Waals surface area contributed by atoms with Gasteiger partial charge in [0.25, 0.3) is 15.9 Å². The molecule has 0 saturated heterocycles. The van der Waals surface area contributed by atoms with Gasteiger partial charge in [0, 0.05) is 12.2 Å². The highest BCUT2D eigenvalue weighted by Gasteiger charge is 2.31. The van der Waals surface area contributed by atoms with Gasteiger partial charge in [-0.15, -0.1) is 0 Å². The number of hydrogen-bond acceptors (Lipinski definition) is 3. The van der Waals surface area contributed by atoms with E-state index in [2.05, 4.69) is 5.32 Å². The molecule has 5 nitrogen and oxygen atoms in total. The van der Waals surface area contributed by atoms with Crippen LogP contribution in [0.1, 0.15) is 27.0 Å². The maximum Gasteiger partial charge on any atom is 0.264 e. The lowest BCUT2D eigenvalue weighted by atomic mass is 10.1. The van der Waals surface area contributed by atoms with Gasteiger partial charge in [-0.1, -0.05) is 30.3 Å². The Morgan fingerprint density at radius 2 is 1.80 bits per heavy atom. The van der Waals surface area contributed by atoms with Gasteiger partial charge in [-0.05, 0) is 67.3 Å². The van der Waals surface area contributed by atoms with Crippen LogP contribution in [0.2, 0.25) is 0 Å². The number of fused-ring (bicyclic) bond motifs is 1. The standard InChI is InChI=1S/C23H21FN2O3S/c1-15-7-8-16(2)21(13-15)25-23(27)19-14-18(9-10-20(19)24)30(28,29)26-12-11-17-5-3-4-6-22(17)26/h3-10,13-14H,11-12H2,1-2H3,(H,25,27). The van der Waals surface area contributed by atoms with Gasteiger partial charge < -0.3 is 5.32 Å². The summed E-state index contributed by atoms with van der Waals surface area (Å²) in [7, 11) is -3.93. The number of carbonyl (C=O) groups is 1. The molecule has 1 amide bonds. The fraction of sp³-hybridized carbons (Fsp3) is 0.174. The van der Waals surface area contributed by atoms with Crippen molar-refractivity contribution < 1.29 is 17.6 Å². The van der Waals surface area contributed by atoms with Crippen LogP contribution in [0.4, 0.5) is 15.8 Å². The Hall–Kier alpha value is -3.19. The molecular weight excluding hydrogens is 403 g/mol. The molecule has 0 bridgehead atoms. The van der Waals surface area contributed by atoms with Crippen LogP contribution in [-0.4, -0.2) is 20.9 Å². The molecule has 0 unspecified atom stereocenters. The average Bonchev–Trinajstić information content (AvgIpc) is 3.16. The van der Waals surface area contributed by atoms with Crippen LogP contribution in [0.5, 0.6) is 0 Å². The minimum absolute atomic E-state index is 0.119. The molecule has 4 rings (SSSR count). The minimum Gasteiger partial charge on any atom is -0.322 e. The van der Waals surface area contributed by atoms with Crippen molar-refractivity contribution in [2.75, 3.05) is 16.2 Å². The summed E-state index contributed by atoms with van der Waals surface area (Å²) in [6, 6.07) is 16.1. The van der Waals surface area contributed by atoms with E-state index in [1.54, 1.807) is 18.2 Å². The first kappa shape index (κ1) is 20.1. The third kappa shape index (κ3) is 3.57. The third-order valence-electron chi connectivity index (χ3n) is 5.26. The lowest BCUT2D eigenvalue weighted by Gasteiger charge is -2.20. The molecule has 1 aliphatic rings. The molecule has 0 aliphatic carbocycles. The van der Waals surface area contributed by atoms with Crippen molar-refractivity contribution in [3.05, 3.63) is 88.7 Å². The lowest BCUT2D eigenvalue weighted by Crippen LogP contribution is -2.29. The molecule has 1 heterocycles. The Labute approximate surface area is 175 Å².